The molecular formula is C10H7BrClNO2. The van der Waals surface area contributed by atoms with Crippen LogP contribution in [0.2, 0.25) is 5.02 Å². The van der Waals surface area contributed by atoms with Crippen molar-refractivity contribution in [3.63, 3.8) is 0 Å². The van der Waals surface area contributed by atoms with E-state index in [0.29, 0.717) is 5.02 Å². The summed E-state index contributed by atoms with van der Waals surface area (Å²) in [7, 11) is 0. The van der Waals surface area contributed by atoms with E-state index in [1.54, 1.807) is 24.3 Å². The summed E-state index contributed by atoms with van der Waals surface area (Å²) in [5, 5.41) is 2.88. The monoisotopic (exact) mass is 287 g/mol. The van der Waals surface area contributed by atoms with Gasteiger partial charge in [0.05, 0.1) is 5.92 Å². The molecule has 15 heavy (non-hydrogen) atoms. The topological polar surface area (TPSA) is 46.2 Å². The van der Waals surface area contributed by atoms with E-state index < -0.39 is 10.7 Å². The highest BCUT2D eigenvalue weighted by Crippen LogP contribution is 2.30. The van der Waals surface area contributed by atoms with Gasteiger partial charge in [0.1, 0.15) is 4.83 Å². The van der Waals surface area contributed by atoms with Crippen molar-refractivity contribution >= 4 is 39.3 Å². The second-order valence-corrected chi connectivity index (χ2v) is 4.71. The van der Waals surface area contributed by atoms with Gasteiger partial charge in [0.15, 0.2) is 0 Å². The number of imide groups is 1. The van der Waals surface area contributed by atoms with Gasteiger partial charge in [-0.15, -0.1) is 0 Å². The van der Waals surface area contributed by atoms with Crippen molar-refractivity contribution in [2.75, 3.05) is 0 Å². The van der Waals surface area contributed by atoms with E-state index in [-0.39, 0.29) is 11.8 Å². The molecule has 2 rings (SSSR count). The number of carbonyl (C=O) groups is 2. The normalized spacial score (nSPS) is 25.5. The van der Waals surface area contributed by atoms with Gasteiger partial charge in [-0.25, -0.2) is 0 Å². The Kier molecular flexibility index (Phi) is 2.80. The summed E-state index contributed by atoms with van der Waals surface area (Å²) in [6.45, 7) is 0. The van der Waals surface area contributed by atoms with E-state index in [4.69, 9.17) is 11.6 Å². The third-order valence-electron chi connectivity index (χ3n) is 2.30. The van der Waals surface area contributed by atoms with Gasteiger partial charge in [-0.1, -0.05) is 39.7 Å². The highest BCUT2D eigenvalue weighted by atomic mass is 79.9. The maximum atomic E-state index is 11.5. The number of carbonyl (C=O) groups excluding carboxylic acids is 2. The van der Waals surface area contributed by atoms with Gasteiger partial charge in [0, 0.05) is 5.02 Å². The first-order valence-electron chi connectivity index (χ1n) is 4.34. The van der Waals surface area contributed by atoms with Crippen molar-refractivity contribution < 1.29 is 9.59 Å². The molecule has 1 aliphatic heterocycles. The van der Waals surface area contributed by atoms with Crippen LogP contribution in [-0.4, -0.2) is 16.6 Å². The highest BCUT2D eigenvalue weighted by molar-refractivity contribution is 9.10. The van der Waals surface area contributed by atoms with Crippen molar-refractivity contribution in [1.82, 2.24) is 5.32 Å². The van der Waals surface area contributed by atoms with Gasteiger partial charge in [-0.3, -0.25) is 14.9 Å². The van der Waals surface area contributed by atoms with Gasteiger partial charge in [0.25, 0.3) is 0 Å². The van der Waals surface area contributed by atoms with Crippen LogP contribution in [0.15, 0.2) is 24.3 Å². The van der Waals surface area contributed by atoms with Crippen molar-refractivity contribution in [2.24, 2.45) is 0 Å². The van der Waals surface area contributed by atoms with E-state index in [1.165, 1.54) is 0 Å². The fourth-order valence-corrected chi connectivity index (χ4v) is 2.33. The molecule has 1 saturated heterocycles. The molecule has 0 bridgehead atoms. The summed E-state index contributed by atoms with van der Waals surface area (Å²) in [4.78, 5) is 22.2. The van der Waals surface area contributed by atoms with E-state index in [1.807, 2.05) is 0 Å². The first-order chi connectivity index (χ1) is 7.09. The number of hydrogen-bond donors (Lipinski definition) is 1. The summed E-state index contributed by atoms with van der Waals surface area (Å²) < 4.78 is 0. The van der Waals surface area contributed by atoms with Crippen LogP contribution in [0.5, 0.6) is 0 Å². The van der Waals surface area contributed by atoms with Crippen LogP contribution in [0.4, 0.5) is 0 Å². The lowest BCUT2D eigenvalue weighted by Crippen LogP contribution is -2.22. The minimum atomic E-state index is -0.494. The Morgan fingerprint density at radius 3 is 2.20 bits per heavy atom. The third-order valence-corrected chi connectivity index (χ3v) is 3.50. The van der Waals surface area contributed by atoms with E-state index in [9.17, 15) is 9.59 Å². The Morgan fingerprint density at radius 2 is 1.73 bits per heavy atom. The van der Waals surface area contributed by atoms with Crippen molar-refractivity contribution in [2.45, 2.75) is 10.7 Å². The van der Waals surface area contributed by atoms with Crippen LogP contribution in [0.25, 0.3) is 0 Å². The first-order valence-corrected chi connectivity index (χ1v) is 5.63. The van der Waals surface area contributed by atoms with Crippen LogP contribution in [0.3, 0.4) is 0 Å². The van der Waals surface area contributed by atoms with Crippen molar-refractivity contribution in [3.05, 3.63) is 34.9 Å². The summed E-state index contributed by atoms with van der Waals surface area (Å²) in [5.74, 6) is -1.03. The standard InChI is InChI=1S/C10H7BrClNO2/c11-8-7(9(14)13-10(8)15)5-1-3-6(12)4-2-5/h1-4,7-8H,(H,13,14,15). The van der Waals surface area contributed by atoms with Crippen LogP contribution in [-0.2, 0) is 9.59 Å². The lowest BCUT2D eigenvalue weighted by atomic mass is 9.98. The molecule has 3 nitrogen and oxygen atoms in total. The number of nitrogens with one attached hydrogen (secondary N) is 1. The summed E-state index contributed by atoms with van der Waals surface area (Å²) in [5.41, 5.74) is 0.782. The Labute approximate surface area is 99.9 Å². The second-order valence-electron chi connectivity index (χ2n) is 3.28. The largest absolute Gasteiger partial charge is 0.295 e. The molecule has 0 radical (unpaired) electrons. The lowest BCUT2D eigenvalue weighted by molar-refractivity contribution is -0.125. The molecule has 1 N–H and O–H groups in total. The van der Waals surface area contributed by atoms with Crippen LogP contribution < -0.4 is 5.32 Å². The third kappa shape index (κ3) is 1.92. The minimum absolute atomic E-state index is 0.274. The van der Waals surface area contributed by atoms with Gasteiger partial charge in [-0.05, 0) is 17.7 Å². The average Bonchev–Trinajstić information content (AvgIpc) is 2.44. The first kappa shape index (κ1) is 10.6. The molecule has 1 aliphatic rings. The average molecular weight is 289 g/mol. The van der Waals surface area contributed by atoms with Gasteiger partial charge < -0.3 is 0 Å². The fourth-order valence-electron chi connectivity index (χ4n) is 1.54. The maximum Gasteiger partial charge on any atom is 0.241 e. The SMILES string of the molecule is O=C1NC(=O)C(c2ccc(Cl)cc2)C1Br. The molecule has 1 aromatic rings. The van der Waals surface area contributed by atoms with Crippen molar-refractivity contribution in [3.8, 4) is 0 Å². The summed E-state index contributed by atoms with van der Waals surface area (Å²) in [6.07, 6.45) is 0. The molecule has 5 heteroatoms. The quantitative estimate of drug-likeness (QED) is 0.633. The number of rotatable bonds is 1. The number of benzene rings is 1. The van der Waals surface area contributed by atoms with Gasteiger partial charge in [0.2, 0.25) is 11.8 Å². The molecule has 1 heterocycles. The van der Waals surface area contributed by atoms with E-state index >= 15 is 0 Å². The molecule has 1 aromatic carbocycles. The summed E-state index contributed by atoms with van der Waals surface area (Å²) >= 11 is 8.94. The zero-order chi connectivity index (χ0) is 11.0. The number of amides is 2. The van der Waals surface area contributed by atoms with E-state index in [0.717, 1.165) is 5.56 Å². The van der Waals surface area contributed by atoms with Crippen LogP contribution in [0.1, 0.15) is 11.5 Å². The molecule has 2 atom stereocenters. The molecule has 0 saturated carbocycles. The molecule has 1 fully saturated rings. The minimum Gasteiger partial charge on any atom is -0.295 e. The van der Waals surface area contributed by atoms with Crippen LogP contribution in [0, 0.1) is 0 Å². The number of alkyl halides is 1. The predicted octanol–water partition coefficient (Wildman–Crippen LogP) is 1.84. The Bertz CT molecular complexity index is 418. The molecule has 0 aromatic heterocycles. The smallest absolute Gasteiger partial charge is 0.241 e. The number of hydrogen-bond acceptors (Lipinski definition) is 2. The highest BCUT2D eigenvalue weighted by Gasteiger charge is 2.40. The fraction of sp³-hybridized carbons (Fsp3) is 0.200. The zero-order valence-electron chi connectivity index (χ0n) is 7.54. The lowest BCUT2D eigenvalue weighted by Gasteiger charge is -2.09. The number of halogens is 2. The maximum absolute atomic E-state index is 11.5. The molecule has 2 unspecified atom stereocenters. The Hall–Kier alpha value is -0.870. The molecule has 0 spiro atoms. The van der Waals surface area contributed by atoms with Gasteiger partial charge in [-0.2, -0.15) is 0 Å². The summed E-state index contributed by atoms with van der Waals surface area (Å²) in [6, 6.07) is 6.90. The predicted molar refractivity (Wildman–Crippen MR) is 60.1 cm³/mol. The molecule has 0 aliphatic carbocycles. The molecular weight excluding hydrogens is 281 g/mol. The van der Waals surface area contributed by atoms with Gasteiger partial charge >= 0.3 is 0 Å². The molecule has 2 amide bonds. The van der Waals surface area contributed by atoms with Crippen molar-refractivity contribution in [1.29, 1.82) is 0 Å². The Balaban J connectivity index is 2.34. The zero-order valence-corrected chi connectivity index (χ0v) is 9.88. The second kappa shape index (κ2) is 3.94. The Morgan fingerprint density at radius 1 is 1.13 bits per heavy atom. The molecule has 78 valence electrons. The van der Waals surface area contributed by atoms with E-state index in [2.05, 4.69) is 21.2 Å². The van der Waals surface area contributed by atoms with Crippen LogP contribution >= 0.6 is 27.5 Å².